The second kappa shape index (κ2) is 5.16. The number of rotatable bonds is 4. The van der Waals surface area contributed by atoms with E-state index in [4.69, 9.17) is 4.52 Å². The van der Waals surface area contributed by atoms with Gasteiger partial charge in [-0.25, -0.2) is 4.79 Å². The predicted molar refractivity (Wildman–Crippen MR) is 67.0 cm³/mol. The lowest BCUT2D eigenvalue weighted by Gasteiger charge is -2.12. The Balaban J connectivity index is 2.26. The molecule has 1 atom stereocenters. The van der Waals surface area contributed by atoms with E-state index in [1.54, 1.807) is 20.9 Å². The molecular weight excluding hydrogens is 264 g/mol. The van der Waals surface area contributed by atoms with Crippen molar-refractivity contribution in [2.24, 2.45) is 7.05 Å². The maximum absolute atomic E-state index is 12.1. The first kappa shape index (κ1) is 13.8. The van der Waals surface area contributed by atoms with Gasteiger partial charge in [-0.15, -0.1) is 0 Å². The average molecular weight is 278 g/mol. The number of aliphatic carboxylic acids is 1. The average Bonchev–Trinajstić information content (AvgIpc) is 2.92. The molecule has 20 heavy (non-hydrogen) atoms. The Bertz CT molecular complexity index is 639. The maximum atomic E-state index is 12.1. The fourth-order valence-corrected chi connectivity index (χ4v) is 1.89. The van der Waals surface area contributed by atoms with E-state index in [0.29, 0.717) is 17.0 Å². The number of amides is 1. The second-order valence-electron chi connectivity index (χ2n) is 4.39. The second-order valence-corrected chi connectivity index (χ2v) is 4.39. The monoisotopic (exact) mass is 278 g/mol. The third kappa shape index (κ3) is 2.53. The van der Waals surface area contributed by atoms with Gasteiger partial charge in [0.15, 0.2) is 6.04 Å². The number of carbonyl (C=O) groups is 2. The summed E-state index contributed by atoms with van der Waals surface area (Å²) in [6, 6.07) is -1.18. The van der Waals surface area contributed by atoms with Gasteiger partial charge in [-0.05, 0) is 13.8 Å². The summed E-state index contributed by atoms with van der Waals surface area (Å²) >= 11 is 0. The molecule has 0 saturated heterocycles. The number of hydrogen-bond acceptors (Lipinski definition) is 5. The standard InChI is InChI=1S/C12H14N4O4/c1-6-9(7(2)20-15-6)11(17)14-10(12(18)19)8-4-13-16(3)5-8/h4-5,10H,1-3H3,(H,14,17)(H,18,19). The summed E-state index contributed by atoms with van der Waals surface area (Å²) in [6.45, 7) is 3.21. The van der Waals surface area contributed by atoms with Gasteiger partial charge in [-0.3, -0.25) is 9.48 Å². The minimum Gasteiger partial charge on any atom is -0.479 e. The number of carbonyl (C=O) groups excluding carboxylic acids is 1. The molecule has 2 rings (SSSR count). The van der Waals surface area contributed by atoms with Crippen LogP contribution in [0.15, 0.2) is 16.9 Å². The first-order chi connectivity index (χ1) is 9.40. The Morgan fingerprint density at radius 1 is 1.45 bits per heavy atom. The summed E-state index contributed by atoms with van der Waals surface area (Å²) in [5, 5.41) is 19.2. The zero-order valence-corrected chi connectivity index (χ0v) is 11.2. The smallest absolute Gasteiger partial charge is 0.331 e. The Labute approximate surface area is 114 Å². The molecule has 2 heterocycles. The highest BCUT2D eigenvalue weighted by Crippen LogP contribution is 2.16. The molecule has 8 heteroatoms. The van der Waals surface area contributed by atoms with Crippen molar-refractivity contribution in [2.75, 3.05) is 0 Å². The summed E-state index contributed by atoms with van der Waals surface area (Å²) in [7, 11) is 1.67. The van der Waals surface area contributed by atoms with Crippen LogP contribution in [0.4, 0.5) is 0 Å². The molecular formula is C12H14N4O4. The highest BCUT2D eigenvalue weighted by molar-refractivity contribution is 5.98. The van der Waals surface area contributed by atoms with E-state index in [1.165, 1.54) is 17.1 Å². The number of nitrogens with zero attached hydrogens (tertiary/aromatic N) is 3. The molecule has 0 bridgehead atoms. The molecule has 2 aromatic rings. The van der Waals surface area contributed by atoms with Crippen LogP contribution in [0.5, 0.6) is 0 Å². The third-order valence-electron chi connectivity index (χ3n) is 2.84. The van der Waals surface area contributed by atoms with E-state index in [9.17, 15) is 14.7 Å². The summed E-state index contributed by atoms with van der Waals surface area (Å²) < 4.78 is 6.36. The fraction of sp³-hybridized carbons (Fsp3) is 0.333. The predicted octanol–water partition coefficient (Wildman–Crippen LogP) is 0.581. The lowest BCUT2D eigenvalue weighted by atomic mass is 10.1. The molecule has 0 aliphatic heterocycles. The molecule has 0 aromatic carbocycles. The van der Waals surface area contributed by atoms with Gasteiger partial charge >= 0.3 is 5.97 Å². The molecule has 0 aliphatic rings. The van der Waals surface area contributed by atoms with Gasteiger partial charge in [0.05, 0.1) is 11.9 Å². The molecule has 0 saturated carbocycles. The van der Waals surface area contributed by atoms with E-state index in [1.807, 2.05) is 0 Å². The van der Waals surface area contributed by atoms with Crippen molar-refractivity contribution in [3.63, 3.8) is 0 Å². The largest absolute Gasteiger partial charge is 0.479 e. The highest BCUT2D eigenvalue weighted by Gasteiger charge is 2.26. The van der Waals surface area contributed by atoms with Gasteiger partial charge in [0.2, 0.25) is 0 Å². The first-order valence-corrected chi connectivity index (χ1v) is 5.85. The van der Waals surface area contributed by atoms with Gasteiger partial charge in [0.25, 0.3) is 5.91 Å². The Kier molecular flexibility index (Phi) is 3.55. The minimum atomic E-state index is -1.18. The maximum Gasteiger partial charge on any atom is 0.331 e. The quantitative estimate of drug-likeness (QED) is 0.846. The zero-order chi connectivity index (χ0) is 14.9. The Hall–Kier alpha value is -2.64. The van der Waals surface area contributed by atoms with Crippen LogP contribution in [0.2, 0.25) is 0 Å². The molecule has 106 valence electrons. The molecule has 0 radical (unpaired) electrons. The van der Waals surface area contributed by atoms with E-state index in [0.717, 1.165) is 0 Å². The van der Waals surface area contributed by atoms with E-state index in [2.05, 4.69) is 15.6 Å². The van der Waals surface area contributed by atoms with Crippen molar-refractivity contribution in [1.29, 1.82) is 0 Å². The Morgan fingerprint density at radius 3 is 2.60 bits per heavy atom. The molecule has 2 aromatic heterocycles. The number of aryl methyl sites for hydroxylation is 3. The highest BCUT2D eigenvalue weighted by atomic mass is 16.5. The van der Waals surface area contributed by atoms with Crippen LogP contribution in [-0.4, -0.2) is 31.9 Å². The van der Waals surface area contributed by atoms with Crippen LogP contribution in [0.25, 0.3) is 0 Å². The lowest BCUT2D eigenvalue weighted by molar-refractivity contribution is -0.139. The number of carboxylic acid groups (broad SMARTS) is 1. The number of nitrogens with one attached hydrogen (secondary N) is 1. The molecule has 0 spiro atoms. The fourth-order valence-electron chi connectivity index (χ4n) is 1.89. The molecule has 8 nitrogen and oxygen atoms in total. The number of carboxylic acids is 1. The van der Waals surface area contributed by atoms with Crippen molar-refractivity contribution >= 4 is 11.9 Å². The Morgan fingerprint density at radius 2 is 2.15 bits per heavy atom. The lowest BCUT2D eigenvalue weighted by Crippen LogP contribution is -2.34. The number of hydrogen-bond donors (Lipinski definition) is 2. The summed E-state index contributed by atoms with van der Waals surface area (Å²) in [4.78, 5) is 23.4. The van der Waals surface area contributed by atoms with Gasteiger partial charge < -0.3 is 14.9 Å². The van der Waals surface area contributed by atoms with Gasteiger partial charge in [-0.2, -0.15) is 5.10 Å². The van der Waals surface area contributed by atoms with Crippen molar-refractivity contribution in [3.8, 4) is 0 Å². The molecule has 0 fully saturated rings. The van der Waals surface area contributed by atoms with Crippen LogP contribution >= 0.6 is 0 Å². The van der Waals surface area contributed by atoms with Crippen molar-refractivity contribution in [1.82, 2.24) is 20.3 Å². The van der Waals surface area contributed by atoms with Crippen molar-refractivity contribution < 1.29 is 19.2 Å². The molecule has 2 N–H and O–H groups in total. The zero-order valence-electron chi connectivity index (χ0n) is 11.2. The molecule has 1 amide bonds. The molecule has 1 unspecified atom stereocenters. The third-order valence-corrected chi connectivity index (χ3v) is 2.84. The topological polar surface area (TPSA) is 110 Å². The van der Waals surface area contributed by atoms with Gasteiger partial charge in [0, 0.05) is 18.8 Å². The summed E-state index contributed by atoms with van der Waals surface area (Å²) in [6.07, 6.45) is 2.93. The summed E-state index contributed by atoms with van der Waals surface area (Å²) in [5.74, 6) is -1.37. The van der Waals surface area contributed by atoms with Crippen molar-refractivity contribution in [2.45, 2.75) is 19.9 Å². The van der Waals surface area contributed by atoms with Crippen LogP contribution in [0, 0.1) is 13.8 Å². The van der Waals surface area contributed by atoms with Crippen LogP contribution in [0.1, 0.15) is 33.4 Å². The van der Waals surface area contributed by atoms with Crippen LogP contribution in [0.3, 0.4) is 0 Å². The van der Waals surface area contributed by atoms with E-state index >= 15 is 0 Å². The van der Waals surface area contributed by atoms with Gasteiger partial charge in [-0.1, -0.05) is 5.16 Å². The first-order valence-electron chi connectivity index (χ1n) is 5.85. The normalized spacial score (nSPS) is 12.2. The number of aromatic nitrogens is 3. The van der Waals surface area contributed by atoms with Crippen LogP contribution in [-0.2, 0) is 11.8 Å². The van der Waals surface area contributed by atoms with Crippen molar-refractivity contribution in [3.05, 3.63) is 35.0 Å². The summed E-state index contributed by atoms with van der Waals surface area (Å²) in [5.41, 5.74) is 1.05. The minimum absolute atomic E-state index is 0.250. The molecule has 0 aliphatic carbocycles. The van der Waals surface area contributed by atoms with Gasteiger partial charge in [0.1, 0.15) is 11.3 Å². The van der Waals surface area contributed by atoms with E-state index < -0.39 is 17.9 Å². The van der Waals surface area contributed by atoms with E-state index in [-0.39, 0.29) is 5.56 Å². The van der Waals surface area contributed by atoms with Crippen LogP contribution < -0.4 is 5.32 Å². The SMILES string of the molecule is Cc1noc(C)c1C(=O)NC(C(=O)O)c1cnn(C)c1.